The van der Waals surface area contributed by atoms with Gasteiger partial charge >= 0.3 is 0 Å². The number of nitriles is 1. The first-order valence-electron chi connectivity index (χ1n) is 10.5. The highest BCUT2D eigenvalue weighted by Crippen LogP contribution is 2.27. The van der Waals surface area contributed by atoms with Crippen LogP contribution in [0.3, 0.4) is 0 Å². The average molecular weight is 453 g/mol. The summed E-state index contributed by atoms with van der Waals surface area (Å²) < 4.78 is 1.22. The monoisotopic (exact) mass is 452 g/mol. The minimum Gasteiger partial charge on any atom is -0.390 e. The van der Waals surface area contributed by atoms with Crippen LogP contribution in [0.1, 0.15) is 30.0 Å². The van der Waals surface area contributed by atoms with E-state index in [-0.39, 0.29) is 11.6 Å². The van der Waals surface area contributed by atoms with Crippen LogP contribution < -0.4 is 5.32 Å². The Labute approximate surface area is 192 Å². The number of nitrogens with one attached hydrogen (secondary N) is 1. The lowest BCUT2D eigenvalue weighted by atomic mass is 10.00. The molecule has 0 unspecified atom stereocenters. The van der Waals surface area contributed by atoms with Gasteiger partial charge in [-0.05, 0) is 43.7 Å². The Morgan fingerprint density at radius 2 is 2.13 bits per heavy atom. The minimum absolute atomic E-state index is 0.0986. The SMILES string of the molecule is CC(C)(Cc1nc2ccccc2s1)NC[C@H](O)[C@H]1CSCN1Cc1cccc(C#N)c1. The molecule has 31 heavy (non-hydrogen) atoms. The number of aliphatic hydroxyl groups is 1. The molecular weight excluding hydrogens is 424 g/mol. The second-order valence-corrected chi connectivity index (χ2v) is 10.8. The van der Waals surface area contributed by atoms with Crippen molar-refractivity contribution in [3.8, 4) is 6.07 Å². The Balaban J connectivity index is 1.34. The molecule has 2 N–H and O–H groups in total. The van der Waals surface area contributed by atoms with Crippen LogP contribution in [-0.2, 0) is 13.0 Å². The Bertz CT molecular complexity index is 1040. The molecule has 1 fully saturated rings. The van der Waals surface area contributed by atoms with Crippen molar-refractivity contribution in [2.24, 2.45) is 0 Å². The lowest BCUT2D eigenvalue weighted by molar-refractivity contribution is 0.0684. The summed E-state index contributed by atoms with van der Waals surface area (Å²) in [6, 6.07) is 18.3. The molecule has 1 aliphatic heterocycles. The quantitative estimate of drug-likeness (QED) is 0.538. The molecule has 2 aromatic carbocycles. The van der Waals surface area contributed by atoms with Crippen molar-refractivity contribution in [3.63, 3.8) is 0 Å². The van der Waals surface area contributed by atoms with Crippen molar-refractivity contribution >= 4 is 33.3 Å². The predicted molar refractivity (Wildman–Crippen MR) is 129 cm³/mol. The summed E-state index contributed by atoms with van der Waals surface area (Å²) in [4.78, 5) is 7.07. The zero-order valence-corrected chi connectivity index (χ0v) is 19.5. The normalized spacial score (nSPS) is 18.3. The van der Waals surface area contributed by atoms with Gasteiger partial charge in [0, 0.05) is 42.7 Å². The van der Waals surface area contributed by atoms with Crippen LogP contribution in [0.4, 0.5) is 0 Å². The number of nitrogens with zero attached hydrogens (tertiary/aromatic N) is 3. The summed E-state index contributed by atoms with van der Waals surface area (Å²) >= 11 is 3.59. The third-order valence-electron chi connectivity index (χ3n) is 5.62. The largest absolute Gasteiger partial charge is 0.390 e. The standard InChI is InChI=1S/C24H28N4OS2/c1-24(2,11-23-27-19-8-3-4-9-22(19)31-23)26-13-21(29)20-15-30-16-28(20)14-18-7-5-6-17(10-18)12-25/h3-10,20-21,26,29H,11,13-16H2,1-2H3/t20-,21+/m1/s1. The predicted octanol–water partition coefficient (Wildman–Crippen LogP) is 4.01. The number of hydrogen-bond donors (Lipinski definition) is 2. The topological polar surface area (TPSA) is 72.2 Å². The van der Waals surface area contributed by atoms with E-state index in [0.717, 1.165) is 40.7 Å². The average Bonchev–Trinajstić information content (AvgIpc) is 3.38. The van der Waals surface area contributed by atoms with E-state index in [2.05, 4.69) is 42.3 Å². The number of fused-ring (bicyclic) bond motifs is 1. The molecule has 0 bridgehead atoms. The van der Waals surface area contributed by atoms with E-state index >= 15 is 0 Å². The summed E-state index contributed by atoms with van der Waals surface area (Å²) in [7, 11) is 0. The number of benzene rings is 2. The molecule has 7 heteroatoms. The molecule has 0 spiro atoms. The van der Waals surface area contributed by atoms with Crippen LogP contribution >= 0.6 is 23.1 Å². The highest BCUT2D eigenvalue weighted by atomic mass is 32.2. The first-order valence-corrected chi connectivity index (χ1v) is 12.5. The van der Waals surface area contributed by atoms with Gasteiger partial charge in [0.1, 0.15) is 0 Å². The molecule has 1 aliphatic rings. The van der Waals surface area contributed by atoms with Gasteiger partial charge in [0.25, 0.3) is 0 Å². The van der Waals surface area contributed by atoms with Crippen molar-refractivity contribution in [2.75, 3.05) is 18.2 Å². The molecular formula is C24H28N4OS2. The zero-order chi connectivity index (χ0) is 21.8. The van der Waals surface area contributed by atoms with Crippen molar-refractivity contribution < 1.29 is 5.11 Å². The van der Waals surface area contributed by atoms with Gasteiger partial charge in [-0.25, -0.2) is 4.98 Å². The highest BCUT2D eigenvalue weighted by molar-refractivity contribution is 7.99. The smallest absolute Gasteiger partial charge is 0.0991 e. The molecule has 1 aromatic heterocycles. The van der Waals surface area contributed by atoms with E-state index in [4.69, 9.17) is 10.2 Å². The van der Waals surface area contributed by atoms with Crippen LogP contribution in [0.5, 0.6) is 0 Å². The number of β-amino-alcohol motifs (C(OH)–C–C–N with tert-alkyl or cyclic N) is 1. The Morgan fingerprint density at radius 3 is 2.94 bits per heavy atom. The van der Waals surface area contributed by atoms with Crippen molar-refractivity contribution in [1.82, 2.24) is 15.2 Å². The third kappa shape index (κ3) is 5.65. The first-order chi connectivity index (χ1) is 14.9. The minimum atomic E-state index is -0.455. The van der Waals surface area contributed by atoms with Gasteiger partial charge in [0.15, 0.2) is 0 Å². The summed E-state index contributed by atoms with van der Waals surface area (Å²) in [5, 5.41) is 24.8. The van der Waals surface area contributed by atoms with Crippen LogP contribution in [0.25, 0.3) is 10.2 Å². The number of aliphatic hydroxyl groups excluding tert-OH is 1. The van der Waals surface area contributed by atoms with E-state index in [1.54, 1.807) is 11.3 Å². The van der Waals surface area contributed by atoms with E-state index in [9.17, 15) is 5.11 Å². The van der Waals surface area contributed by atoms with Gasteiger partial charge in [-0.3, -0.25) is 4.90 Å². The number of thiazole rings is 1. The Morgan fingerprint density at radius 1 is 1.29 bits per heavy atom. The fourth-order valence-electron chi connectivity index (χ4n) is 3.94. The molecule has 1 saturated heterocycles. The third-order valence-corrected chi connectivity index (χ3v) is 7.75. The molecule has 0 radical (unpaired) electrons. The second kappa shape index (κ2) is 9.68. The lowest BCUT2D eigenvalue weighted by Crippen LogP contribution is -2.50. The van der Waals surface area contributed by atoms with Gasteiger partial charge < -0.3 is 10.4 Å². The van der Waals surface area contributed by atoms with Gasteiger partial charge in [0.2, 0.25) is 0 Å². The first kappa shape index (κ1) is 22.3. The summed E-state index contributed by atoms with van der Waals surface area (Å²) in [5.41, 5.74) is 2.69. The number of rotatable bonds is 8. The van der Waals surface area contributed by atoms with Gasteiger partial charge in [-0.2, -0.15) is 5.26 Å². The van der Waals surface area contributed by atoms with E-state index in [0.29, 0.717) is 12.1 Å². The zero-order valence-electron chi connectivity index (χ0n) is 17.9. The lowest BCUT2D eigenvalue weighted by Gasteiger charge is -2.32. The Kier molecular flexibility index (Phi) is 6.95. The molecule has 5 nitrogen and oxygen atoms in total. The summed E-state index contributed by atoms with van der Waals surface area (Å²) in [6.07, 6.45) is 0.368. The number of para-hydroxylation sites is 1. The van der Waals surface area contributed by atoms with E-state index in [1.165, 1.54) is 4.70 Å². The fourth-order valence-corrected chi connectivity index (χ4v) is 6.43. The van der Waals surface area contributed by atoms with Gasteiger partial charge in [0.05, 0.1) is 33.0 Å². The van der Waals surface area contributed by atoms with Crippen molar-refractivity contribution in [3.05, 3.63) is 64.7 Å². The number of hydrogen-bond acceptors (Lipinski definition) is 7. The molecule has 0 aliphatic carbocycles. The summed E-state index contributed by atoms with van der Waals surface area (Å²) in [5.74, 6) is 1.81. The maximum atomic E-state index is 11.0. The van der Waals surface area contributed by atoms with E-state index < -0.39 is 6.10 Å². The highest BCUT2D eigenvalue weighted by Gasteiger charge is 2.32. The summed E-state index contributed by atoms with van der Waals surface area (Å²) in [6.45, 7) is 5.62. The molecule has 3 aromatic rings. The van der Waals surface area contributed by atoms with Crippen LogP contribution in [-0.4, -0.2) is 50.8 Å². The number of thioether (sulfide) groups is 1. The van der Waals surface area contributed by atoms with Crippen LogP contribution in [0, 0.1) is 11.3 Å². The van der Waals surface area contributed by atoms with Crippen LogP contribution in [0.2, 0.25) is 0 Å². The molecule has 4 rings (SSSR count). The van der Waals surface area contributed by atoms with Crippen molar-refractivity contribution in [2.45, 2.75) is 44.5 Å². The van der Waals surface area contributed by atoms with Crippen LogP contribution in [0.15, 0.2) is 48.5 Å². The van der Waals surface area contributed by atoms with Gasteiger partial charge in [-0.1, -0.05) is 24.3 Å². The fraction of sp³-hybridized carbons (Fsp3) is 0.417. The molecule has 0 saturated carbocycles. The molecule has 2 atom stereocenters. The van der Waals surface area contributed by atoms with E-state index in [1.807, 2.05) is 48.2 Å². The maximum absolute atomic E-state index is 11.0. The molecule has 2 heterocycles. The van der Waals surface area contributed by atoms with Crippen molar-refractivity contribution in [1.29, 1.82) is 5.26 Å². The molecule has 0 amide bonds. The Hall–Kier alpha value is -1.95. The number of aromatic nitrogens is 1. The second-order valence-electron chi connectivity index (χ2n) is 8.71. The van der Waals surface area contributed by atoms with Gasteiger partial charge in [-0.15, -0.1) is 23.1 Å². The molecule has 162 valence electrons. The maximum Gasteiger partial charge on any atom is 0.0991 e.